The van der Waals surface area contributed by atoms with Crippen molar-refractivity contribution in [3.05, 3.63) is 36.4 Å². The number of ether oxygens (including phenoxy) is 3. The Morgan fingerprint density at radius 1 is 1.03 bits per heavy atom. The summed E-state index contributed by atoms with van der Waals surface area (Å²) in [6, 6.07) is 10.5. The van der Waals surface area contributed by atoms with Gasteiger partial charge in [-0.25, -0.2) is 4.79 Å². The fourth-order valence-electron chi connectivity index (χ4n) is 3.77. The van der Waals surface area contributed by atoms with E-state index in [0.29, 0.717) is 55.8 Å². The first-order chi connectivity index (χ1) is 15.1. The van der Waals surface area contributed by atoms with Crippen LogP contribution in [0, 0.1) is 0 Å². The molecule has 10 heteroatoms. The number of hydrogen-bond donors (Lipinski definition) is 0. The van der Waals surface area contributed by atoms with Gasteiger partial charge in [-0.1, -0.05) is 12.1 Å². The van der Waals surface area contributed by atoms with Crippen molar-refractivity contribution in [3.63, 3.8) is 0 Å². The summed E-state index contributed by atoms with van der Waals surface area (Å²) in [4.78, 5) is 30.6. The number of hydrogen-bond acceptors (Lipinski definition) is 7. The van der Waals surface area contributed by atoms with Crippen molar-refractivity contribution in [2.75, 3.05) is 51.8 Å². The van der Waals surface area contributed by atoms with Crippen molar-refractivity contribution in [1.29, 1.82) is 0 Å². The maximum Gasteiger partial charge on any atom is 0.325 e. The SMILES string of the molecule is COc1ccc(OC2CCN(C(=O)CN3CCN(c4ccccc4OC)C3=O)C2)nn1. The van der Waals surface area contributed by atoms with Crippen LogP contribution < -0.4 is 19.1 Å². The molecule has 2 aliphatic rings. The molecule has 1 aromatic heterocycles. The van der Waals surface area contributed by atoms with Crippen LogP contribution in [0.25, 0.3) is 0 Å². The number of aromatic nitrogens is 2. The number of urea groups is 1. The normalized spacial score (nSPS) is 18.5. The Morgan fingerprint density at radius 3 is 2.55 bits per heavy atom. The molecule has 1 aromatic carbocycles. The van der Waals surface area contributed by atoms with Crippen LogP contribution in [0.3, 0.4) is 0 Å². The van der Waals surface area contributed by atoms with E-state index in [2.05, 4.69) is 10.2 Å². The summed E-state index contributed by atoms with van der Waals surface area (Å²) in [5.74, 6) is 1.34. The fourth-order valence-corrected chi connectivity index (χ4v) is 3.77. The van der Waals surface area contributed by atoms with Gasteiger partial charge in [-0.3, -0.25) is 9.69 Å². The smallest absolute Gasteiger partial charge is 0.325 e. The van der Waals surface area contributed by atoms with Crippen LogP contribution in [-0.2, 0) is 4.79 Å². The summed E-state index contributed by atoms with van der Waals surface area (Å²) in [5, 5.41) is 7.84. The third-order valence-corrected chi connectivity index (χ3v) is 5.41. The predicted octanol–water partition coefficient (Wildman–Crippen LogP) is 1.42. The Kier molecular flexibility index (Phi) is 6.06. The molecule has 4 rings (SSSR count). The maximum atomic E-state index is 12.9. The second-order valence-electron chi connectivity index (χ2n) is 7.31. The van der Waals surface area contributed by atoms with Crippen LogP contribution in [0.15, 0.2) is 36.4 Å². The molecular weight excluding hydrogens is 402 g/mol. The van der Waals surface area contributed by atoms with E-state index in [-0.39, 0.29) is 24.6 Å². The first-order valence-corrected chi connectivity index (χ1v) is 10.1. The molecule has 2 aliphatic heterocycles. The zero-order valence-corrected chi connectivity index (χ0v) is 17.6. The summed E-state index contributed by atoms with van der Waals surface area (Å²) in [5.41, 5.74) is 0.709. The third kappa shape index (κ3) is 4.47. The molecule has 0 saturated carbocycles. The second kappa shape index (κ2) is 9.07. The number of para-hydroxylation sites is 2. The van der Waals surface area contributed by atoms with Crippen molar-refractivity contribution >= 4 is 17.6 Å². The van der Waals surface area contributed by atoms with Crippen LogP contribution in [-0.4, -0.2) is 85.0 Å². The number of nitrogens with zero attached hydrogens (tertiary/aromatic N) is 5. The zero-order chi connectivity index (χ0) is 21.8. The summed E-state index contributed by atoms with van der Waals surface area (Å²) in [6.07, 6.45) is 0.534. The van der Waals surface area contributed by atoms with Gasteiger partial charge >= 0.3 is 6.03 Å². The molecule has 1 atom stereocenters. The van der Waals surface area contributed by atoms with Gasteiger partial charge in [0, 0.05) is 38.2 Å². The lowest BCUT2D eigenvalue weighted by Crippen LogP contribution is -2.42. The molecular formula is C21H25N5O5. The molecule has 2 aromatic rings. The minimum absolute atomic E-state index is 0.0412. The number of likely N-dealkylation sites (tertiary alicyclic amines) is 1. The highest BCUT2D eigenvalue weighted by Gasteiger charge is 2.35. The molecule has 0 bridgehead atoms. The van der Waals surface area contributed by atoms with Crippen LogP contribution in [0.1, 0.15) is 6.42 Å². The molecule has 0 aliphatic carbocycles. The van der Waals surface area contributed by atoms with Gasteiger partial charge in [0.05, 0.1) is 26.5 Å². The number of benzene rings is 1. The first kappa shape index (κ1) is 20.7. The van der Waals surface area contributed by atoms with Crippen molar-refractivity contribution in [2.45, 2.75) is 12.5 Å². The van der Waals surface area contributed by atoms with E-state index in [4.69, 9.17) is 14.2 Å². The zero-order valence-electron chi connectivity index (χ0n) is 17.6. The lowest BCUT2D eigenvalue weighted by molar-refractivity contribution is -0.130. The van der Waals surface area contributed by atoms with Crippen molar-refractivity contribution in [2.24, 2.45) is 0 Å². The van der Waals surface area contributed by atoms with E-state index in [1.54, 1.807) is 33.9 Å². The average Bonchev–Trinajstić information content (AvgIpc) is 3.41. The van der Waals surface area contributed by atoms with Crippen molar-refractivity contribution in [3.8, 4) is 17.5 Å². The molecule has 3 heterocycles. The molecule has 164 valence electrons. The minimum atomic E-state index is -0.196. The van der Waals surface area contributed by atoms with Crippen LogP contribution in [0.5, 0.6) is 17.5 Å². The van der Waals surface area contributed by atoms with E-state index in [1.165, 1.54) is 7.11 Å². The van der Waals surface area contributed by atoms with Crippen LogP contribution in [0.4, 0.5) is 10.5 Å². The van der Waals surface area contributed by atoms with Gasteiger partial charge in [-0.2, -0.15) is 0 Å². The molecule has 1 unspecified atom stereocenters. The van der Waals surface area contributed by atoms with E-state index in [0.717, 1.165) is 0 Å². The Morgan fingerprint density at radius 2 is 1.81 bits per heavy atom. The molecule has 0 radical (unpaired) electrons. The summed E-state index contributed by atoms with van der Waals surface area (Å²) >= 11 is 0. The molecule has 0 N–H and O–H groups in total. The van der Waals surface area contributed by atoms with E-state index in [9.17, 15) is 9.59 Å². The van der Waals surface area contributed by atoms with Gasteiger partial charge in [0.2, 0.25) is 17.7 Å². The number of carbonyl (C=O) groups excluding carboxylic acids is 2. The largest absolute Gasteiger partial charge is 0.495 e. The highest BCUT2D eigenvalue weighted by atomic mass is 16.5. The van der Waals surface area contributed by atoms with Crippen molar-refractivity contribution < 1.29 is 23.8 Å². The Balaban J connectivity index is 1.31. The second-order valence-corrected chi connectivity index (χ2v) is 7.31. The Labute approximate surface area is 180 Å². The molecule has 2 saturated heterocycles. The quantitative estimate of drug-likeness (QED) is 0.659. The molecule has 0 spiro atoms. The molecule has 10 nitrogen and oxygen atoms in total. The predicted molar refractivity (Wildman–Crippen MR) is 112 cm³/mol. The Hall–Kier alpha value is -3.56. The Bertz CT molecular complexity index is 938. The van der Waals surface area contributed by atoms with Gasteiger partial charge in [0.15, 0.2) is 0 Å². The summed E-state index contributed by atoms with van der Waals surface area (Å²) < 4.78 is 16.2. The molecule has 2 fully saturated rings. The van der Waals surface area contributed by atoms with Crippen molar-refractivity contribution in [1.82, 2.24) is 20.0 Å². The minimum Gasteiger partial charge on any atom is -0.495 e. The summed E-state index contributed by atoms with van der Waals surface area (Å²) in [6.45, 7) is 2.06. The number of rotatable bonds is 7. The third-order valence-electron chi connectivity index (χ3n) is 5.41. The number of anilines is 1. The summed E-state index contributed by atoms with van der Waals surface area (Å²) in [7, 11) is 3.09. The monoisotopic (exact) mass is 427 g/mol. The number of methoxy groups -OCH3 is 2. The van der Waals surface area contributed by atoms with E-state index >= 15 is 0 Å². The van der Waals surface area contributed by atoms with Gasteiger partial charge in [-0.05, 0) is 12.1 Å². The van der Waals surface area contributed by atoms with Crippen LogP contribution in [0.2, 0.25) is 0 Å². The maximum absolute atomic E-state index is 12.9. The number of amides is 3. The fraction of sp³-hybridized carbons (Fsp3) is 0.429. The standard InChI is InChI=1S/C21H25N5O5/c1-29-17-6-4-3-5-16(17)26-12-11-25(21(26)28)14-20(27)24-10-9-15(13-24)31-19-8-7-18(30-2)22-23-19/h3-8,15H,9-14H2,1-2H3. The van der Waals surface area contributed by atoms with Crippen LogP contribution >= 0.6 is 0 Å². The van der Waals surface area contributed by atoms with E-state index in [1.807, 2.05) is 24.3 Å². The molecule has 31 heavy (non-hydrogen) atoms. The average molecular weight is 427 g/mol. The topological polar surface area (TPSA) is 97.3 Å². The van der Waals surface area contributed by atoms with Gasteiger partial charge in [0.25, 0.3) is 0 Å². The lowest BCUT2D eigenvalue weighted by Gasteiger charge is -2.22. The van der Waals surface area contributed by atoms with Gasteiger partial charge < -0.3 is 24.0 Å². The highest BCUT2D eigenvalue weighted by molar-refractivity contribution is 5.97. The number of carbonyl (C=O) groups is 2. The van der Waals surface area contributed by atoms with E-state index < -0.39 is 0 Å². The van der Waals surface area contributed by atoms with Gasteiger partial charge in [-0.15, -0.1) is 10.2 Å². The lowest BCUT2D eigenvalue weighted by atomic mass is 10.2. The van der Waals surface area contributed by atoms with Gasteiger partial charge in [0.1, 0.15) is 18.4 Å². The first-order valence-electron chi connectivity index (χ1n) is 10.1. The molecule has 3 amide bonds. The highest BCUT2D eigenvalue weighted by Crippen LogP contribution is 2.30.